The van der Waals surface area contributed by atoms with Crippen LogP contribution in [-0.2, 0) is 0 Å². The molecule has 0 saturated heterocycles. The van der Waals surface area contributed by atoms with Crippen LogP contribution in [0.3, 0.4) is 0 Å². The van der Waals surface area contributed by atoms with Gasteiger partial charge in [0.2, 0.25) is 0 Å². The van der Waals surface area contributed by atoms with Crippen LogP contribution in [0.1, 0.15) is 16.1 Å². The minimum Gasteiger partial charge on any atom is -0.342 e. The molecule has 0 aliphatic heterocycles. The maximum absolute atomic E-state index is 12.1. The van der Waals surface area contributed by atoms with E-state index in [4.69, 9.17) is 0 Å². The third-order valence-electron chi connectivity index (χ3n) is 2.83. The Balaban J connectivity index is 1.92. The van der Waals surface area contributed by atoms with Crippen LogP contribution in [0.5, 0.6) is 0 Å². The molecule has 0 aliphatic carbocycles. The number of carbonyl (C=O) groups is 1. The van der Waals surface area contributed by atoms with Gasteiger partial charge in [-0.15, -0.1) is 0 Å². The van der Waals surface area contributed by atoms with E-state index in [2.05, 4.69) is 19.7 Å². The minimum absolute atomic E-state index is 0.172. The summed E-state index contributed by atoms with van der Waals surface area (Å²) in [5.41, 5.74) is 3.11. The third-order valence-corrected chi connectivity index (χ3v) is 3.41. The highest BCUT2D eigenvalue weighted by Gasteiger charge is 2.12. The molecule has 0 unspecified atom stereocenters. The van der Waals surface area contributed by atoms with Crippen LogP contribution >= 0.6 is 11.5 Å². The number of nitrogens with one attached hydrogen (secondary N) is 2. The zero-order valence-electron chi connectivity index (χ0n) is 10.8. The third kappa shape index (κ3) is 2.46. The summed E-state index contributed by atoms with van der Waals surface area (Å²) in [5, 5.41) is 4.61. The van der Waals surface area contributed by atoms with E-state index in [1.807, 2.05) is 31.2 Å². The van der Waals surface area contributed by atoms with Crippen molar-refractivity contribution in [2.45, 2.75) is 6.92 Å². The van der Waals surface area contributed by atoms with Crippen molar-refractivity contribution in [3.63, 3.8) is 0 Å². The number of anilines is 1. The van der Waals surface area contributed by atoms with Crippen molar-refractivity contribution in [2.24, 2.45) is 0 Å². The Bertz CT molecular complexity index is 733. The Hall–Kier alpha value is -2.47. The van der Waals surface area contributed by atoms with Gasteiger partial charge in [0.05, 0.1) is 17.4 Å². The molecule has 1 aromatic carbocycles. The number of aromatic amines is 1. The second-order valence-electron chi connectivity index (χ2n) is 4.33. The number of aromatic nitrogens is 3. The van der Waals surface area contributed by atoms with E-state index in [1.165, 1.54) is 11.5 Å². The quantitative estimate of drug-likeness (QED) is 0.776. The molecule has 0 spiro atoms. The number of hydrogen-bond acceptors (Lipinski definition) is 4. The van der Waals surface area contributed by atoms with E-state index in [9.17, 15) is 4.79 Å². The fourth-order valence-corrected chi connectivity index (χ4v) is 2.38. The monoisotopic (exact) mass is 284 g/mol. The Morgan fingerprint density at radius 2 is 2.15 bits per heavy atom. The van der Waals surface area contributed by atoms with Crippen LogP contribution in [-0.4, -0.2) is 20.2 Å². The maximum atomic E-state index is 12.1. The van der Waals surface area contributed by atoms with Gasteiger partial charge in [-0.05, 0) is 30.6 Å². The van der Waals surface area contributed by atoms with Crippen molar-refractivity contribution in [1.82, 2.24) is 14.3 Å². The van der Waals surface area contributed by atoms with Crippen LogP contribution in [0.25, 0.3) is 11.4 Å². The maximum Gasteiger partial charge on any atom is 0.258 e. The summed E-state index contributed by atoms with van der Waals surface area (Å²) < 4.78 is 3.93. The van der Waals surface area contributed by atoms with Gasteiger partial charge in [0.15, 0.2) is 0 Å². The lowest BCUT2D eigenvalue weighted by Gasteiger charge is -2.08. The molecule has 0 atom stereocenters. The van der Waals surface area contributed by atoms with Crippen molar-refractivity contribution in [1.29, 1.82) is 0 Å². The highest BCUT2D eigenvalue weighted by molar-refractivity contribution is 7.03. The number of imidazole rings is 1. The first-order chi connectivity index (χ1) is 9.74. The molecular weight excluding hydrogens is 272 g/mol. The van der Waals surface area contributed by atoms with E-state index in [0.717, 1.165) is 22.8 Å². The summed E-state index contributed by atoms with van der Waals surface area (Å²) >= 11 is 1.25. The van der Waals surface area contributed by atoms with Crippen LogP contribution in [0.15, 0.2) is 42.0 Å². The van der Waals surface area contributed by atoms with Crippen LogP contribution in [0.2, 0.25) is 0 Å². The molecule has 0 bridgehead atoms. The first kappa shape index (κ1) is 12.6. The lowest BCUT2D eigenvalue weighted by molar-refractivity contribution is 0.102. The summed E-state index contributed by atoms with van der Waals surface area (Å²) in [7, 11) is 0. The zero-order valence-corrected chi connectivity index (χ0v) is 11.6. The normalized spacial score (nSPS) is 10.4. The summed E-state index contributed by atoms with van der Waals surface area (Å²) in [5.74, 6) is 0.566. The standard InChI is InChI=1S/C14H12N4OS/c1-9-6-15-13(17-9)11-4-2-3-5-12(11)18-14(19)10-7-16-20-8-10/h2-8H,1H3,(H,15,17)(H,18,19). The molecule has 2 aromatic heterocycles. The number of carbonyl (C=O) groups excluding carboxylic acids is 1. The number of amides is 1. The zero-order chi connectivity index (χ0) is 13.9. The predicted octanol–water partition coefficient (Wildman–Crippen LogP) is 3.09. The molecule has 0 aliphatic rings. The number of rotatable bonds is 3. The van der Waals surface area contributed by atoms with Gasteiger partial charge in [-0.1, -0.05) is 12.1 Å². The number of hydrogen-bond donors (Lipinski definition) is 2. The second kappa shape index (κ2) is 5.26. The van der Waals surface area contributed by atoms with E-state index in [1.54, 1.807) is 17.8 Å². The largest absolute Gasteiger partial charge is 0.342 e. The summed E-state index contributed by atoms with van der Waals surface area (Å²) in [6.07, 6.45) is 3.32. The summed E-state index contributed by atoms with van der Waals surface area (Å²) in [6, 6.07) is 7.56. The summed E-state index contributed by atoms with van der Waals surface area (Å²) in [4.78, 5) is 19.6. The topological polar surface area (TPSA) is 70.7 Å². The lowest BCUT2D eigenvalue weighted by Crippen LogP contribution is -2.11. The molecule has 0 saturated carbocycles. The van der Waals surface area contributed by atoms with E-state index >= 15 is 0 Å². The highest BCUT2D eigenvalue weighted by Crippen LogP contribution is 2.25. The molecule has 6 heteroatoms. The number of H-pyrrole nitrogens is 1. The van der Waals surface area contributed by atoms with Gasteiger partial charge in [-0.2, -0.15) is 0 Å². The van der Waals surface area contributed by atoms with E-state index in [-0.39, 0.29) is 5.91 Å². The van der Waals surface area contributed by atoms with Crippen molar-refractivity contribution >= 4 is 23.1 Å². The van der Waals surface area contributed by atoms with E-state index < -0.39 is 0 Å². The number of benzene rings is 1. The van der Waals surface area contributed by atoms with Gasteiger partial charge in [-0.3, -0.25) is 4.79 Å². The van der Waals surface area contributed by atoms with Gasteiger partial charge >= 0.3 is 0 Å². The van der Waals surface area contributed by atoms with Gasteiger partial charge in [0, 0.05) is 22.8 Å². The molecule has 0 radical (unpaired) electrons. The van der Waals surface area contributed by atoms with Crippen molar-refractivity contribution in [2.75, 3.05) is 5.32 Å². The van der Waals surface area contributed by atoms with Gasteiger partial charge in [0.25, 0.3) is 5.91 Å². The van der Waals surface area contributed by atoms with Crippen molar-refractivity contribution < 1.29 is 4.79 Å². The SMILES string of the molecule is Cc1cnc(-c2ccccc2NC(=O)c2cnsc2)[nH]1. The van der Waals surface area contributed by atoms with E-state index in [0.29, 0.717) is 5.56 Å². The fraction of sp³-hybridized carbons (Fsp3) is 0.0714. The molecule has 100 valence electrons. The molecule has 2 N–H and O–H groups in total. The number of nitrogens with zero attached hydrogens (tertiary/aromatic N) is 2. The first-order valence-corrected chi connectivity index (χ1v) is 6.89. The first-order valence-electron chi connectivity index (χ1n) is 6.06. The van der Waals surface area contributed by atoms with Gasteiger partial charge in [0.1, 0.15) is 5.82 Å². The summed E-state index contributed by atoms with van der Waals surface area (Å²) in [6.45, 7) is 1.94. The van der Waals surface area contributed by atoms with Crippen molar-refractivity contribution in [3.05, 3.63) is 53.3 Å². The molecule has 3 aromatic rings. The second-order valence-corrected chi connectivity index (χ2v) is 4.98. The Labute approximate surface area is 119 Å². The Kier molecular flexibility index (Phi) is 3.30. The molecule has 3 rings (SSSR count). The lowest BCUT2D eigenvalue weighted by atomic mass is 10.1. The van der Waals surface area contributed by atoms with Crippen LogP contribution in [0, 0.1) is 6.92 Å². The molecule has 5 nitrogen and oxygen atoms in total. The number of para-hydroxylation sites is 1. The van der Waals surface area contributed by atoms with Crippen LogP contribution in [0.4, 0.5) is 5.69 Å². The van der Waals surface area contributed by atoms with Gasteiger partial charge < -0.3 is 10.3 Å². The number of aryl methyl sites for hydroxylation is 1. The van der Waals surface area contributed by atoms with Crippen molar-refractivity contribution in [3.8, 4) is 11.4 Å². The van der Waals surface area contributed by atoms with Crippen LogP contribution < -0.4 is 5.32 Å². The predicted molar refractivity (Wildman–Crippen MR) is 78.8 cm³/mol. The molecule has 20 heavy (non-hydrogen) atoms. The Morgan fingerprint density at radius 1 is 1.30 bits per heavy atom. The average molecular weight is 284 g/mol. The molecule has 0 fully saturated rings. The average Bonchev–Trinajstić information content (AvgIpc) is 3.10. The molecule has 1 amide bonds. The highest BCUT2D eigenvalue weighted by atomic mass is 32.1. The Morgan fingerprint density at radius 3 is 2.85 bits per heavy atom. The smallest absolute Gasteiger partial charge is 0.258 e. The van der Waals surface area contributed by atoms with Gasteiger partial charge in [-0.25, -0.2) is 9.36 Å². The molecular formula is C14H12N4OS. The molecule has 2 heterocycles. The fourth-order valence-electron chi connectivity index (χ4n) is 1.86. The minimum atomic E-state index is -0.172.